The Morgan fingerprint density at radius 3 is 2.58 bits per heavy atom. The van der Waals surface area contributed by atoms with Gasteiger partial charge in [-0.1, -0.05) is 44.2 Å². The molecule has 0 fully saturated rings. The van der Waals surface area contributed by atoms with Crippen LogP contribution in [-0.2, 0) is 4.79 Å². The van der Waals surface area contributed by atoms with Crippen molar-refractivity contribution in [3.8, 4) is 11.5 Å². The number of para-hydroxylation sites is 1. The number of methoxy groups -OCH3 is 1. The van der Waals surface area contributed by atoms with Crippen LogP contribution in [0.1, 0.15) is 37.5 Å². The summed E-state index contributed by atoms with van der Waals surface area (Å²) < 4.78 is 11.8. The third-order valence-corrected chi connectivity index (χ3v) is 6.15. The van der Waals surface area contributed by atoms with Crippen LogP contribution in [0.25, 0.3) is 0 Å². The highest BCUT2D eigenvalue weighted by molar-refractivity contribution is 7.99. The molecule has 0 aromatic heterocycles. The molecule has 2 aliphatic rings. The van der Waals surface area contributed by atoms with Gasteiger partial charge in [-0.25, -0.2) is 0 Å². The third-order valence-electron chi connectivity index (χ3n) is 4.88. The van der Waals surface area contributed by atoms with Gasteiger partial charge >= 0.3 is 0 Å². The lowest BCUT2D eigenvalue weighted by Crippen LogP contribution is -2.31. The molecular weight excluding hydrogens is 344 g/mol. The van der Waals surface area contributed by atoms with Gasteiger partial charge in [-0.05, 0) is 23.6 Å². The first-order valence-corrected chi connectivity index (χ1v) is 9.69. The molecule has 3 nitrogen and oxygen atoms in total. The Kier molecular flexibility index (Phi) is 4.31. The number of hydrogen-bond donors (Lipinski definition) is 0. The summed E-state index contributed by atoms with van der Waals surface area (Å²) in [5, 5.41) is -0.0742. The van der Waals surface area contributed by atoms with Crippen LogP contribution >= 0.6 is 11.8 Å². The fraction of sp³-hybridized carbons (Fsp3) is 0.318. The van der Waals surface area contributed by atoms with Gasteiger partial charge in [0.2, 0.25) is 0 Å². The van der Waals surface area contributed by atoms with E-state index in [2.05, 4.69) is 26.0 Å². The number of carbonyl (C=O) groups is 1. The molecule has 0 amide bonds. The van der Waals surface area contributed by atoms with E-state index in [1.54, 1.807) is 18.9 Å². The van der Waals surface area contributed by atoms with Gasteiger partial charge < -0.3 is 9.47 Å². The van der Waals surface area contributed by atoms with Gasteiger partial charge in [0.25, 0.3) is 0 Å². The molecule has 0 spiro atoms. The highest BCUT2D eigenvalue weighted by Crippen LogP contribution is 2.55. The Morgan fingerprint density at radius 1 is 1.08 bits per heavy atom. The number of benzene rings is 2. The van der Waals surface area contributed by atoms with Crippen LogP contribution in [0.5, 0.6) is 11.5 Å². The molecule has 1 aliphatic carbocycles. The molecule has 4 rings (SSSR count). The zero-order chi connectivity index (χ0) is 18.3. The lowest BCUT2D eigenvalue weighted by molar-refractivity contribution is -0.118. The normalized spacial score (nSPS) is 20.9. The molecule has 1 aliphatic heterocycles. The molecule has 2 aromatic carbocycles. The van der Waals surface area contributed by atoms with E-state index >= 15 is 0 Å². The first-order valence-electron chi connectivity index (χ1n) is 8.81. The average Bonchev–Trinajstić information content (AvgIpc) is 2.60. The fourth-order valence-electron chi connectivity index (χ4n) is 3.71. The smallest absolute Gasteiger partial charge is 0.173 e. The van der Waals surface area contributed by atoms with E-state index in [9.17, 15) is 4.79 Å². The molecule has 134 valence electrons. The number of fused-ring (bicyclic) bond motifs is 1. The Hall–Kier alpha value is -2.20. The van der Waals surface area contributed by atoms with Gasteiger partial charge in [-0.15, -0.1) is 11.8 Å². The number of Topliss-reactive ketones (excluding diaryl/α,β-unsaturated/α-hetero) is 1. The van der Waals surface area contributed by atoms with Gasteiger partial charge in [0.15, 0.2) is 17.3 Å². The minimum atomic E-state index is -0.0859. The summed E-state index contributed by atoms with van der Waals surface area (Å²) in [4.78, 5) is 14.2. The third kappa shape index (κ3) is 3.03. The van der Waals surface area contributed by atoms with Crippen LogP contribution in [0, 0.1) is 5.41 Å². The molecule has 1 unspecified atom stereocenters. The van der Waals surface area contributed by atoms with Crippen LogP contribution in [0.2, 0.25) is 0 Å². The lowest BCUT2D eigenvalue weighted by atomic mass is 9.74. The molecule has 0 saturated carbocycles. The standard InChI is InChI=1S/C22H22O3S/c1-22(2)12-16(23)19-18(13-22)25-20-15(10-7-11-17(20)24-3)21(19)26-14-8-5-4-6-9-14/h4-11,21H,12-13H2,1-3H3. The van der Waals surface area contributed by atoms with Crippen molar-refractivity contribution >= 4 is 17.5 Å². The van der Waals surface area contributed by atoms with Crippen molar-refractivity contribution in [3.05, 3.63) is 65.4 Å². The predicted molar refractivity (Wildman–Crippen MR) is 104 cm³/mol. The summed E-state index contributed by atoms with van der Waals surface area (Å²) >= 11 is 1.70. The van der Waals surface area contributed by atoms with Crippen LogP contribution < -0.4 is 9.47 Å². The Balaban J connectivity index is 1.85. The summed E-state index contributed by atoms with van der Waals surface area (Å²) in [6.07, 6.45) is 1.32. The number of rotatable bonds is 3. The second kappa shape index (κ2) is 6.51. The number of ketones is 1. The van der Waals surface area contributed by atoms with E-state index in [-0.39, 0.29) is 16.4 Å². The Morgan fingerprint density at radius 2 is 1.85 bits per heavy atom. The first kappa shape index (κ1) is 17.2. The number of carbonyl (C=O) groups excluding carboxylic acids is 1. The van der Waals surface area contributed by atoms with Crippen LogP contribution in [0.4, 0.5) is 0 Å². The van der Waals surface area contributed by atoms with Crippen molar-refractivity contribution in [1.82, 2.24) is 0 Å². The van der Waals surface area contributed by atoms with E-state index in [0.29, 0.717) is 12.2 Å². The lowest BCUT2D eigenvalue weighted by Gasteiger charge is -2.38. The maximum absolute atomic E-state index is 13.0. The van der Waals surface area contributed by atoms with Gasteiger partial charge in [0, 0.05) is 23.3 Å². The Labute approximate surface area is 158 Å². The molecule has 2 aromatic rings. The van der Waals surface area contributed by atoms with Crippen molar-refractivity contribution in [3.63, 3.8) is 0 Å². The van der Waals surface area contributed by atoms with Crippen molar-refractivity contribution in [1.29, 1.82) is 0 Å². The molecule has 26 heavy (non-hydrogen) atoms. The zero-order valence-electron chi connectivity index (χ0n) is 15.2. The summed E-state index contributed by atoms with van der Waals surface area (Å²) in [6, 6.07) is 16.1. The SMILES string of the molecule is COc1cccc2c1OC1=C(C(=O)CC(C)(C)C1)C2Sc1ccccc1. The highest BCUT2D eigenvalue weighted by atomic mass is 32.2. The molecule has 0 saturated heterocycles. The summed E-state index contributed by atoms with van der Waals surface area (Å²) in [5.41, 5.74) is 1.74. The first-order chi connectivity index (χ1) is 12.5. The zero-order valence-corrected chi connectivity index (χ0v) is 16.1. The minimum Gasteiger partial charge on any atom is -0.493 e. The van der Waals surface area contributed by atoms with Gasteiger partial charge in [0.1, 0.15) is 5.76 Å². The second-order valence-corrected chi connectivity index (χ2v) is 8.75. The summed E-state index contributed by atoms with van der Waals surface area (Å²) in [7, 11) is 1.65. The minimum absolute atomic E-state index is 0.0742. The second-order valence-electron chi connectivity index (χ2n) is 7.57. The largest absolute Gasteiger partial charge is 0.493 e. The monoisotopic (exact) mass is 366 g/mol. The van der Waals surface area contributed by atoms with Crippen LogP contribution in [-0.4, -0.2) is 12.9 Å². The molecular formula is C22H22O3S. The molecule has 0 N–H and O–H groups in total. The van der Waals surface area contributed by atoms with E-state index in [1.165, 1.54) is 0 Å². The van der Waals surface area contributed by atoms with E-state index in [4.69, 9.17) is 9.47 Å². The van der Waals surface area contributed by atoms with Crippen LogP contribution in [0.3, 0.4) is 0 Å². The van der Waals surface area contributed by atoms with Gasteiger partial charge in [-0.3, -0.25) is 4.79 Å². The van der Waals surface area contributed by atoms with Crippen molar-refractivity contribution < 1.29 is 14.3 Å². The van der Waals surface area contributed by atoms with Crippen LogP contribution in [0.15, 0.2) is 64.8 Å². The molecule has 1 atom stereocenters. The van der Waals surface area contributed by atoms with Crippen molar-refractivity contribution in [2.24, 2.45) is 5.41 Å². The summed E-state index contributed by atoms with van der Waals surface area (Å²) in [6.45, 7) is 4.24. The van der Waals surface area contributed by atoms with Crippen molar-refractivity contribution in [2.45, 2.75) is 36.8 Å². The van der Waals surface area contributed by atoms with E-state index in [1.807, 2.05) is 36.4 Å². The average molecular weight is 366 g/mol. The Bertz CT molecular complexity index is 884. The number of thioether (sulfide) groups is 1. The molecule has 4 heteroatoms. The van der Waals surface area contributed by atoms with Gasteiger partial charge in [-0.2, -0.15) is 0 Å². The maximum Gasteiger partial charge on any atom is 0.173 e. The predicted octanol–water partition coefficient (Wildman–Crippen LogP) is 5.56. The number of allylic oxidation sites excluding steroid dienone is 1. The number of ether oxygens (including phenoxy) is 2. The molecule has 0 radical (unpaired) electrons. The summed E-state index contributed by atoms with van der Waals surface area (Å²) in [5.74, 6) is 2.45. The van der Waals surface area contributed by atoms with E-state index < -0.39 is 0 Å². The quantitative estimate of drug-likeness (QED) is 0.712. The molecule has 1 heterocycles. The topological polar surface area (TPSA) is 35.5 Å². The highest BCUT2D eigenvalue weighted by Gasteiger charge is 2.42. The fourth-order valence-corrected chi connectivity index (χ4v) is 4.99. The van der Waals surface area contributed by atoms with E-state index in [0.717, 1.165) is 34.0 Å². The maximum atomic E-state index is 13.0. The van der Waals surface area contributed by atoms with Gasteiger partial charge in [0.05, 0.1) is 17.9 Å². The number of hydrogen-bond acceptors (Lipinski definition) is 4. The molecule has 0 bridgehead atoms. The van der Waals surface area contributed by atoms with Crippen molar-refractivity contribution in [2.75, 3.05) is 7.11 Å².